The van der Waals surface area contributed by atoms with Gasteiger partial charge in [-0.3, -0.25) is 9.59 Å². The molecule has 0 spiro atoms. The SMILES string of the molecule is CCC(=O)N1CCCN(C(=O)c2ccc(N)cn2)CC1. The van der Waals surface area contributed by atoms with Gasteiger partial charge in [0.1, 0.15) is 5.69 Å². The second-order valence-corrected chi connectivity index (χ2v) is 4.86. The van der Waals surface area contributed by atoms with Gasteiger partial charge in [0.15, 0.2) is 0 Å². The van der Waals surface area contributed by atoms with E-state index >= 15 is 0 Å². The van der Waals surface area contributed by atoms with Crippen LogP contribution in [0.25, 0.3) is 0 Å². The predicted octanol–water partition coefficient (Wildman–Crippen LogP) is 0.748. The Hall–Kier alpha value is -2.11. The zero-order chi connectivity index (χ0) is 14.5. The summed E-state index contributed by atoms with van der Waals surface area (Å²) in [5.41, 5.74) is 6.50. The summed E-state index contributed by atoms with van der Waals surface area (Å²) in [5.74, 6) is 0.0423. The second kappa shape index (κ2) is 6.36. The highest BCUT2D eigenvalue weighted by molar-refractivity contribution is 5.92. The number of rotatable bonds is 2. The van der Waals surface area contributed by atoms with Crippen molar-refractivity contribution in [1.82, 2.24) is 14.8 Å². The molecule has 20 heavy (non-hydrogen) atoms. The van der Waals surface area contributed by atoms with Gasteiger partial charge in [0.2, 0.25) is 5.91 Å². The molecule has 1 fully saturated rings. The number of hydrogen-bond acceptors (Lipinski definition) is 4. The van der Waals surface area contributed by atoms with Gasteiger partial charge in [0.25, 0.3) is 5.91 Å². The van der Waals surface area contributed by atoms with Crippen LogP contribution in [-0.4, -0.2) is 52.8 Å². The minimum Gasteiger partial charge on any atom is -0.397 e. The lowest BCUT2D eigenvalue weighted by atomic mass is 10.3. The van der Waals surface area contributed by atoms with Crippen molar-refractivity contribution in [1.29, 1.82) is 0 Å². The molecule has 2 rings (SSSR count). The van der Waals surface area contributed by atoms with Gasteiger partial charge in [-0.25, -0.2) is 4.98 Å². The highest BCUT2D eigenvalue weighted by atomic mass is 16.2. The van der Waals surface area contributed by atoms with Crippen molar-refractivity contribution in [3.63, 3.8) is 0 Å². The number of hydrogen-bond donors (Lipinski definition) is 1. The third-order valence-electron chi connectivity index (χ3n) is 3.44. The average Bonchev–Trinajstić information content (AvgIpc) is 2.72. The first kappa shape index (κ1) is 14.3. The Morgan fingerprint density at radius 1 is 1.20 bits per heavy atom. The number of anilines is 1. The van der Waals surface area contributed by atoms with Crippen LogP contribution in [0.2, 0.25) is 0 Å². The second-order valence-electron chi connectivity index (χ2n) is 4.86. The number of nitrogens with zero attached hydrogens (tertiary/aromatic N) is 3. The summed E-state index contributed by atoms with van der Waals surface area (Å²) in [6, 6.07) is 3.31. The Bertz CT molecular complexity index is 486. The van der Waals surface area contributed by atoms with Gasteiger partial charge in [0, 0.05) is 32.6 Å². The minimum absolute atomic E-state index is 0.101. The fraction of sp³-hybridized carbons (Fsp3) is 0.500. The van der Waals surface area contributed by atoms with Crippen LogP contribution in [0.1, 0.15) is 30.3 Å². The number of aromatic nitrogens is 1. The molecule has 0 bridgehead atoms. The maximum Gasteiger partial charge on any atom is 0.272 e. The highest BCUT2D eigenvalue weighted by Crippen LogP contribution is 2.09. The molecule has 1 aromatic heterocycles. The molecule has 6 heteroatoms. The van der Waals surface area contributed by atoms with Gasteiger partial charge < -0.3 is 15.5 Å². The normalized spacial score (nSPS) is 15.8. The Kier molecular flexibility index (Phi) is 4.55. The highest BCUT2D eigenvalue weighted by Gasteiger charge is 2.22. The zero-order valence-electron chi connectivity index (χ0n) is 11.7. The maximum atomic E-state index is 12.3. The molecule has 0 unspecified atom stereocenters. The van der Waals surface area contributed by atoms with E-state index in [1.165, 1.54) is 6.20 Å². The van der Waals surface area contributed by atoms with Crippen LogP contribution in [0.3, 0.4) is 0 Å². The quantitative estimate of drug-likeness (QED) is 0.864. The van der Waals surface area contributed by atoms with Crippen molar-refractivity contribution < 1.29 is 9.59 Å². The zero-order valence-corrected chi connectivity index (χ0v) is 11.7. The topological polar surface area (TPSA) is 79.5 Å². The van der Waals surface area contributed by atoms with Crippen molar-refractivity contribution >= 4 is 17.5 Å². The largest absolute Gasteiger partial charge is 0.397 e. The molecule has 1 aromatic rings. The maximum absolute atomic E-state index is 12.3. The van der Waals surface area contributed by atoms with Crippen molar-refractivity contribution in [3.8, 4) is 0 Å². The molecule has 108 valence electrons. The van der Waals surface area contributed by atoms with Gasteiger partial charge in [-0.05, 0) is 18.6 Å². The van der Waals surface area contributed by atoms with Crippen molar-refractivity contribution in [2.24, 2.45) is 0 Å². The summed E-state index contributed by atoms with van der Waals surface area (Å²) in [4.78, 5) is 31.7. The van der Waals surface area contributed by atoms with Crippen LogP contribution in [0.4, 0.5) is 5.69 Å². The lowest BCUT2D eigenvalue weighted by molar-refractivity contribution is -0.130. The van der Waals surface area contributed by atoms with Crippen LogP contribution in [0.5, 0.6) is 0 Å². The van der Waals surface area contributed by atoms with E-state index in [9.17, 15) is 9.59 Å². The Morgan fingerprint density at radius 2 is 1.90 bits per heavy atom. The molecule has 2 heterocycles. The van der Waals surface area contributed by atoms with Crippen LogP contribution >= 0.6 is 0 Å². The number of carbonyl (C=O) groups excluding carboxylic acids is 2. The summed E-state index contributed by atoms with van der Waals surface area (Å²) in [6.45, 7) is 4.36. The summed E-state index contributed by atoms with van der Waals surface area (Å²) in [7, 11) is 0. The van der Waals surface area contributed by atoms with Crippen molar-refractivity contribution in [3.05, 3.63) is 24.0 Å². The first-order valence-electron chi connectivity index (χ1n) is 6.90. The molecule has 1 aliphatic heterocycles. The summed E-state index contributed by atoms with van der Waals surface area (Å²) in [6.07, 6.45) is 2.79. The van der Waals surface area contributed by atoms with Gasteiger partial charge in [-0.2, -0.15) is 0 Å². The lowest BCUT2D eigenvalue weighted by Crippen LogP contribution is -2.37. The standard InChI is InChI=1S/C14H20N4O2/c1-2-13(19)17-6-3-7-18(9-8-17)14(20)12-5-4-11(15)10-16-12/h4-5,10H,2-3,6-9,15H2,1H3. The first-order chi connectivity index (χ1) is 9.61. The molecule has 1 saturated heterocycles. The number of nitrogen functional groups attached to an aromatic ring is 1. The molecule has 2 amide bonds. The fourth-order valence-corrected chi connectivity index (χ4v) is 2.29. The van der Waals surface area contributed by atoms with E-state index in [1.807, 2.05) is 11.8 Å². The van der Waals surface area contributed by atoms with Crippen LogP contribution in [0.15, 0.2) is 18.3 Å². The van der Waals surface area contributed by atoms with E-state index in [4.69, 9.17) is 5.73 Å². The van der Waals surface area contributed by atoms with Gasteiger partial charge in [0.05, 0.1) is 11.9 Å². The monoisotopic (exact) mass is 276 g/mol. The third kappa shape index (κ3) is 3.26. The Morgan fingerprint density at radius 3 is 2.55 bits per heavy atom. The molecule has 0 radical (unpaired) electrons. The smallest absolute Gasteiger partial charge is 0.272 e. The number of nitrogens with two attached hydrogens (primary N) is 1. The van der Waals surface area contributed by atoms with Crippen LogP contribution in [0, 0.1) is 0 Å². The average molecular weight is 276 g/mol. The molecular formula is C14H20N4O2. The van der Waals surface area contributed by atoms with Gasteiger partial charge in [-0.15, -0.1) is 0 Å². The van der Waals surface area contributed by atoms with Crippen molar-refractivity contribution in [2.45, 2.75) is 19.8 Å². The summed E-state index contributed by atoms with van der Waals surface area (Å²) >= 11 is 0. The minimum atomic E-state index is -0.101. The molecule has 0 atom stereocenters. The Labute approximate surface area is 118 Å². The molecule has 2 N–H and O–H groups in total. The number of carbonyl (C=O) groups is 2. The molecule has 0 saturated carbocycles. The molecule has 1 aliphatic rings. The van der Waals surface area contributed by atoms with E-state index in [2.05, 4.69) is 4.98 Å². The van der Waals surface area contributed by atoms with E-state index in [1.54, 1.807) is 17.0 Å². The fourth-order valence-electron chi connectivity index (χ4n) is 2.29. The third-order valence-corrected chi connectivity index (χ3v) is 3.44. The molecule has 6 nitrogen and oxygen atoms in total. The first-order valence-corrected chi connectivity index (χ1v) is 6.90. The van der Waals surface area contributed by atoms with Gasteiger partial charge in [-0.1, -0.05) is 6.92 Å². The number of amides is 2. The summed E-state index contributed by atoms with van der Waals surface area (Å²) < 4.78 is 0. The van der Waals surface area contributed by atoms with Crippen LogP contribution in [-0.2, 0) is 4.79 Å². The molecule has 0 aliphatic carbocycles. The van der Waals surface area contributed by atoms with E-state index in [-0.39, 0.29) is 11.8 Å². The Balaban J connectivity index is 2.01. The number of pyridine rings is 1. The van der Waals surface area contributed by atoms with Gasteiger partial charge >= 0.3 is 0 Å². The lowest BCUT2D eigenvalue weighted by Gasteiger charge is -2.21. The van der Waals surface area contributed by atoms with Crippen LogP contribution < -0.4 is 5.73 Å². The van der Waals surface area contributed by atoms with E-state index in [0.29, 0.717) is 44.0 Å². The van der Waals surface area contributed by atoms with Crippen molar-refractivity contribution in [2.75, 3.05) is 31.9 Å². The van der Waals surface area contributed by atoms with E-state index < -0.39 is 0 Å². The summed E-state index contributed by atoms with van der Waals surface area (Å²) in [5, 5.41) is 0. The molecular weight excluding hydrogens is 256 g/mol. The predicted molar refractivity (Wildman–Crippen MR) is 76.0 cm³/mol. The van der Waals surface area contributed by atoms with E-state index in [0.717, 1.165) is 6.42 Å². The molecule has 0 aromatic carbocycles.